The van der Waals surface area contributed by atoms with Gasteiger partial charge in [0.25, 0.3) is 0 Å². The minimum Gasteiger partial charge on any atom is -0.0683 e. The van der Waals surface area contributed by atoms with Crippen molar-refractivity contribution in [2.75, 3.05) is 0 Å². The largest absolute Gasteiger partial charge is 0.0683 e. The summed E-state index contributed by atoms with van der Waals surface area (Å²) >= 11 is 0. The van der Waals surface area contributed by atoms with Crippen molar-refractivity contribution < 1.29 is 0 Å². The topological polar surface area (TPSA) is 0 Å². The van der Waals surface area contributed by atoms with Crippen LogP contribution in [0.15, 0.2) is 48.5 Å². The third kappa shape index (κ3) is 4.32. The van der Waals surface area contributed by atoms with Crippen LogP contribution in [0.2, 0.25) is 0 Å². The molecule has 0 nitrogen and oxygen atoms in total. The first kappa shape index (κ1) is 19.2. The Balaban J connectivity index is 1.77. The fraction of sp³-hybridized carbons (Fsp3) is 0.538. The maximum absolute atomic E-state index is 2.51. The van der Waals surface area contributed by atoms with Gasteiger partial charge in [-0.25, -0.2) is 0 Å². The van der Waals surface area contributed by atoms with E-state index in [0.717, 1.165) is 17.7 Å². The molecule has 144 valence electrons. The van der Waals surface area contributed by atoms with Gasteiger partial charge < -0.3 is 0 Å². The van der Waals surface area contributed by atoms with Gasteiger partial charge in [0.15, 0.2) is 0 Å². The van der Waals surface area contributed by atoms with Crippen molar-refractivity contribution in [1.29, 1.82) is 0 Å². The normalized spacial score (nSPS) is 19.5. The average molecular weight is 379 g/mol. The Morgan fingerprint density at radius 2 is 1.19 bits per heavy atom. The maximum Gasteiger partial charge on any atom is -0.0104 e. The van der Waals surface area contributed by atoms with Gasteiger partial charge in [-0.05, 0) is 65.4 Å². The fourth-order valence-electron chi connectivity index (χ4n) is 5.43. The molecular formula is C26H35P. The Kier molecular flexibility index (Phi) is 6.67. The zero-order valence-electron chi connectivity index (χ0n) is 17.0. The van der Waals surface area contributed by atoms with E-state index in [-0.39, 0.29) is 7.92 Å². The first-order valence-electron chi connectivity index (χ1n) is 11.3. The average Bonchev–Trinajstić information content (AvgIpc) is 2.76. The Hall–Kier alpha value is -1.13. The van der Waals surface area contributed by atoms with Gasteiger partial charge in [0.1, 0.15) is 0 Å². The minimum absolute atomic E-state index is 0.0539. The number of hydrogen-bond acceptors (Lipinski definition) is 0. The van der Waals surface area contributed by atoms with Gasteiger partial charge in [-0.2, -0.15) is 0 Å². The monoisotopic (exact) mass is 378 g/mol. The van der Waals surface area contributed by atoms with Gasteiger partial charge >= 0.3 is 0 Å². The molecule has 2 fully saturated rings. The standard InChI is InChI=1S/C26H35P/c1-2-21-13-9-10-18-24(21)25-19-11-12-20-26(25)27(22-14-5-3-6-15-22)23-16-7-4-8-17-23/h9-13,18-20,22-23H,2-8,14-17H2,1H3. The van der Waals surface area contributed by atoms with Crippen LogP contribution in [0.25, 0.3) is 11.1 Å². The molecule has 0 radical (unpaired) electrons. The van der Waals surface area contributed by atoms with E-state index in [4.69, 9.17) is 0 Å². The molecule has 4 rings (SSSR count). The molecule has 2 aromatic rings. The van der Waals surface area contributed by atoms with E-state index in [1.54, 1.807) is 10.9 Å². The summed E-state index contributed by atoms with van der Waals surface area (Å²) in [5.41, 5.74) is 6.48. The maximum atomic E-state index is 2.51. The zero-order chi connectivity index (χ0) is 18.5. The lowest BCUT2D eigenvalue weighted by Gasteiger charge is -2.39. The van der Waals surface area contributed by atoms with E-state index >= 15 is 0 Å². The molecule has 27 heavy (non-hydrogen) atoms. The van der Waals surface area contributed by atoms with Gasteiger partial charge in [0, 0.05) is 0 Å². The number of benzene rings is 2. The lowest BCUT2D eigenvalue weighted by Crippen LogP contribution is -2.27. The predicted octanol–water partition coefficient (Wildman–Crippen LogP) is 7.69. The van der Waals surface area contributed by atoms with Crippen molar-refractivity contribution in [2.24, 2.45) is 0 Å². The summed E-state index contributed by atoms with van der Waals surface area (Å²) in [6, 6.07) is 18.6. The van der Waals surface area contributed by atoms with Crippen molar-refractivity contribution in [3.05, 3.63) is 54.1 Å². The lowest BCUT2D eigenvalue weighted by molar-refractivity contribution is 0.487. The summed E-state index contributed by atoms with van der Waals surface area (Å²) in [5, 5.41) is 1.73. The number of aryl methyl sites for hydroxylation is 1. The highest BCUT2D eigenvalue weighted by Crippen LogP contribution is 2.56. The molecular weight excluding hydrogens is 343 g/mol. The molecule has 1 heteroatoms. The van der Waals surface area contributed by atoms with E-state index < -0.39 is 0 Å². The second kappa shape index (κ2) is 9.38. The zero-order valence-corrected chi connectivity index (χ0v) is 17.9. The summed E-state index contributed by atoms with van der Waals surface area (Å²) < 4.78 is 0. The molecule has 0 bridgehead atoms. The molecule has 0 atom stereocenters. The van der Waals surface area contributed by atoms with E-state index in [9.17, 15) is 0 Å². The Morgan fingerprint density at radius 3 is 1.78 bits per heavy atom. The van der Waals surface area contributed by atoms with Crippen molar-refractivity contribution in [1.82, 2.24) is 0 Å². The summed E-state index contributed by atoms with van der Waals surface area (Å²) in [6.07, 6.45) is 15.8. The molecule has 0 aromatic heterocycles. The molecule has 0 spiro atoms. The van der Waals surface area contributed by atoms with E-state index in [0.29, 0.717) is 0 Å². The number of hydrogen-bond donors (Lipinski definition) is 0. The van der Waals surface area contributed by atoms with Crippen molar-refractivity contribution >= 4 is 13.2 Å². The van der Waals surface area contributed by atoms with E-state index in [1.807, 2.05) is 0 Å². The quantitative estimate of drug-likeness (QED) is 0.468. The van der Waals surface area contributed by atoms with Crippen LogP contribution in [0.4, 0.5) is 0 Å². The second-order valence-corrected chi connectivity index (χ2v) is 11.3. The molecule has 0 N–H and O–H groups in total. The van der Waals surface area contributed by atoms with Crippen molar-refractivity contribution in [3.8, 4) is 11.1 Å². The van der Waals surface area contributed by atoms with Crippen LogP contribution in [0.1, 0.15) is 76.7 Å². The molecule has 2 aromatic carbocycles. The molecule has 0 heterocycles. The molecule has 2 aliphatic carbocycles. The van der Waals surface area contributed by atoms with Crippen LogP contribution in [0.5, 0.6) is 0 Å². The van der Waals surface area contributed by atoms with Crippen LogP contribution in [-0.2, 0) is 6.42 Å². The number of rotatable bonds is 5. The summed E-state index contributed by atoms with van der Waals surface area (Å²) in [4.78, 5) is 0. The van der Waals surface area contributed by atoms with Crippen LogP contribution in [-0.4, -0.2) is 11.3 Å². The third-order valence-electron chi connectivity index (χ3n) is 6.81. The van der Waals surface area contributed by atoms with Crippen LogP contribution < -0.4 is 5.30 Å². The van der Waals surface area contributed by atoms with Gasteiger partial charge in [0.2, 0.25) is 0 Å². The Labute approximate surface area is 167 Å². The Bertz CT molecular complexity index is 704. The fourth-order valence-corrected chi connectivity index (χ4v) is 9.39. The highest BCUT2D eigenvalue weighted by molar-refractivity contribution is 7.67. The highest BCUT2D eigenvalue weighted by Gasteiger charge is 2.33. The van der Waals surface area contributed by atoms with Gasteiger partial charge in [0.05, 0.1) is 0 Å². The van der Waals surface area contributed by atoms with Crippen molar-refractivity contribution in [3.63, 3.8) is 0 Å². The van der Waals surface area contributed by atoms with Crippen LogP contribution >= 0.6 is 7.92 Å². The van der Waals surface area contributed by atoms with Gasteiger partial charge in [-0.1, -0.05) is 102 Å². The molecule has 0 amide bonds. The highest BCUT2D eigenvalue weighted by atomic mass is 31.1. The smallest absolute Gasteiger partial charge is 0.0104 e. The molecule has 0 saturated heterocycles. The summed E-state index contributed by atoms with van der Waals surface area (Å²) in [5.74, 6) is 0. The molecule has 2 saturated carbocycles. The minimum atomic E-state index is -0.0539. The first-order valence-corrected chi connectivity index (χ1v) is 12.8. The molecule has 0 unspecified atom stereocenters. The SMILES string of the molecule is CCc1ccccc1-c1ccccc1P(C1CCCCC1)C1CCCCC1. The third-order valence-corrected chi connectivity index (χ3v) is 10.4. The molecule has 2 aliphatic rings. The predicted molar refractivity (Wildman–Crippen MR) is 122 cm³/mol. The van der Waals surface area contributed by atoms with E-state index in [2.05, 4.69) is 55.5 Å². The van der Waals surface area contributed by atoms with Crippen molar-refractivity contribution in [2.45, 2.75) is 88.9 Å². The summed E-state index contributed by atoms with van der Waals surface area (Å²) in [7, 11) is -0.0539. The summed E-state index contributed by atoms with van der Waals surface area (Å²) in [6.45, 7) is 2.30. The van der Waals surface area contributed by atoms with E-state index in [1.165, 1.54) is 75.3 Å². The Morgan fingerprint density at radius 1 is 0.667 bits per heavy atom. The van der Waals surface area contributed by atoms with Gasteiger partial charge in [-0.3, -0.25) is 0 Å². The first-order chi connectivity index (χ1) is 13.4. The second-order valence-electron chi connectivity index (χ2n) is 8.52. The van der Waals surface area contributed by atoms with Crippen LogP contribution in [0.3, 0.4) is 0 Å². The van der Waals surface area contributed by atoms with Gasteiger partial charge in [-0.15, -0.1) is 0 Å². The lowest BCUT2D eigenvalue weighted by atomic mass is 9.98. The molecule has 0 aliphatic heterocycles. The van der Waals surface area contributed by atoms with Crippen LogP contribution in [0, 0.1) is 0 Å².